The van der Waals surface area contributed by atoms with Crippen LogP contribution in [0.5, 0.6) is 0 Å². The van der Waals surface area contributed by atoms with Gasteiger partial charge in [-0.05, 0) is 38.5 Å². The Labute approximate surface area is 148 Å². The zero-order valence-corrected chi connectivity index (χ0v) is 14.7. The number of nitrogens with zero attached hydrogens (tertiary/aromatic N) is 2. The Morgan fingerprint density at radius 1 is 1.20 bits per heavy atom. The van der Waals surface area contributed by atoms with Gasteiger partial charge in [-0.25, -0.2) is 0 Å². The zero-order valence-electron chi connectivity index (χ0n) is 13.9. The summed E-state index contributed by atoms with van der Waals surface area (Å²) in [6.45, 7) is 5.17. The average Bonchev–Trinajstić information content (AvgIpc) is 3.01. The van der Waals surface area contributed by atoms with E-state index in [4.69, 9.17) is 0 Å². The van der Waals surface area contributed by atoms with Gasteiger partial charge in [-0.3, -0.25) is 19.3 Å². The highest BCUT2D eigenvalue weighted by Gasteiger charge is 2.40. The van der Waals surface area contributed by atoms with Gasteiger partial charge in [0.2, 0.25) is 5.91 Å². The highest BCUT2D eigenvalue weighted by Crippen LogP contribution is 2.32. The number of imide groups is 1. The van der Waals surface area contributed by atoms with Crippen LogP contribution in [0.25, 0.3) is 0 Å². The predicted molar refractivity (Wildman–Crippen MR) is 93.5 cm³/mol. The van der Waals surface area contributed by atoms with Crippen molar-refractivity contribution in [3.63, 3.8) is 0 Å². The molecule has 1 N–H and O–H groups in total. The second-order valence-corrected chi connectivity index (χ2v) is 7.02. The lowest BCUT2D eigenvalue weighted by molar-refractivity contribution is -0.119. The van der Waals surface area contributed by atoms with Crippen molar-refractivity contribution in [3.05, 3.63) is 51.4 Å². The first-order valence-corrected chi connectivity index (χ1v) is 8.46. The normalized spacial score (nSPS) is 14.2. The van der Waals surface area contributed by atoms with Gasteiger partial charge in [-0.15, -0.1) is 11.3 Å². The van der Waals surface area contributed by atoms with Gasteiger partial charge in [0.05, 0.1) is 16.7 Å². The van der Waals surface area contributed by atoms with Crippen molar-refractivity contribution in [2.24, 2.45) is 0 Å². The molecule has 1 aliphatic rings. The summed E-state index contributed by atoms with van der Waals surface area (Å²) >= 11 is 1.30. The molecule has 0 saturated heterocycles. The number of rotatable bonds is 3. The summed E-state index contributed by atoms with van der Waals surface area (Å²) in [7, 11) is 0. The first-order chi connectivity index (χ1) is 11.9. The minimum atomic E-state index is -0.985. The van der Waals surface area contributed by atoms with E-state index in [1.807, 2.05) is 13.8 Å². The third kappa shape index (κ3) is 2.61. The van der Waals surface area contributed by atoms with Crippen LogP contribution in [0.15, 0.2) is 24.3 Å². The van der Waals surface area contributed by atoms with Gasteiger partial charge in [0, 0.05) is 4.88 Å². The lowest BCUT2D eigenvalue weighted by Crippen LogP contribution is -2.45. The molecule has 3 rings (SSSR count). The highest BCUT2D eigenvalue weighted by atomic mass is 32.1. The fourth-order valence-electron chi connectivity index (χ4n) is 2.74. The van der Waals surface area contributed by atoms with Crippen LogP contribution in [0, 0.1) is 25.2 Å². The van der Waals surface area contributed by atoms with Gasteiger partial charge >= 0.3 is 0 Å². The van der Waals surface area contributed by atoms with Gasteiger partial charge in [-0.2, -0.15) is 5.26 Å². The highest BCUT2D eigenvalue weighted by molar-refractivity contribution is 7.16. The Hall–Kier alpha value is -2.98. The lowest BCUT2D eigenvalue weighted by Gasteiger charge is -2.21. The van der Waals surface area contributed by atoms with Crippen LogP contribution in [0.4, 0.5) is 5.00 Å². The van der Waals surface area contributed by atoms with Gasteiger partial charge in [0.15, 0.2) is 0 Å². The second kappa shape index (κ2) is 6.15. The SMILES string of the molecule is Cc1sc(NC(=O)C(C)N2C(=O)c3ccccc3C2=O)c(C#N)c1C. The quantitative estimate of drug-likeness (QED) is 0.859. The Kier molecular flexibility index (Phi) is 4.15. The van der Waals surface area contributed by atoms with E-state index >= 15 is 0 Å². The minimum absolute atomic E-state index is 0.299. The maximum atomic E-state index is 12.6. The molecule has 7 heteroatoms. The van der Waals surface area contributed by atoms with Crippen LogP contribution in [-0.4, -0.2) is 28.7 Å². The number of benzene rings is 1. The first kappa shape index (κ1) is 16.9. The van der Waals surface area contributed by atoms with E-state index in [2.05, 4.69) is 11.4 Å². The molecule has 0 saturated carbocycles. The smallest absolute Gasteiger partial charge is 0.262 e. The minimum Gasteiger partial charge on any atom is -0.315 e. The fraction of sp³-hybridized carbons (Fsp3) is 0.222. The standard InChI is InChI=1S/C18H15N3O3S/c1-9-11(3)25-16(14(9)8-19)20-15(22)10(2)21-17(23)12-6-4-5-7-13(12)18(21)24/h4-7,10H,1-3H3,(H,20,22). The largest absolute Gasteiger partial charge is 0.315 e. The summed E-state index contributed by atoms with van der Waals surface area (Å²) < 4.78 is 0. The van der Waals surface area contributed by atoms with E-state index in [1.54, 1.807) is 24.3 Å². The monoisotopic (exact) mass is 353 g/mol. The Morgan fingerprint density at radius 2 is 1.76 bits per heavy atom. The summed E-state index contributed by atoms with van der Waals surface area (Å²) in [6, 6.07) is 7.58. The Balaban J connectivity index is 1.85. The molecule has 0 fully saturated rings. The zero-order chi connectivity index (χ0) is 18.3. The molecule has 0 radical (unpaired) electrons. The summed E-state index contributed by atoms with van der Waals surface area (Å²) in [4.78, 5) is 39.4. The molecule has 0 spiro atoms. The van der Waals surface area contributed by atoms with E-state index in [0.29, 0.717) is 21.7 Å². The number of thiophene rings is 1. The predicted octanol–water partition coefficient (Wildman–Crippen LogP) is 2.86. The van der Waals surface area contributed by atoms with E-state index < -0.39 is 23.8 Å². The van der Waals surface area contributed by atoms with Crippen LogP contribution in [0.1, 0.15) is 43.6 Å². The van der Waals surface area contributed by atoms with Crippen LogP contribution in [0.3, 0.4) is 0 Å². The lowest BCUT2D eigenvalue weighted by atomic mass is 10.1. The molecule has 1 unspecified atom stereocenters. The molecular formula is C18H15N3O3S. The molecule has 6 nitrogen and oxygen atoms in total. The molecule has 1 aliphatic heterocycles. The molecule has 1 aromatic heterocycles. The number of hydrogen-bond donors (Lipinski definition) is 1. The van der Waals surface area contributed by atoms with Crippen LogP contribution in [0.2, 0.25) is 0 Å². The van der Waals surface area contributed by atoms with Crippen molar-refractivity contribution in [1.29, 1.82) is 5.26 Å². The van der Waals surface area contributed by atoms with E-state index in [9.17, 15) is 19.6 Å². The van der Waals surface area contributed by atoms with Crippen LogP contribution >= 0.6 is 11.3 Å². The molecule has 126 valence electrons. The second-order valence-electron chi connectivity index (χ2n) is 5.79. The molecular weight excluding hydrogens is 338 g/mol. The maximum absolute atomic E-state index is 12.6. The van der Waals surface area contributed by atoms with Crippen molar-refractivity contribution in [1.82, 2.24) is 4.90 Å². The summed E-state index contributed by atoms with van der Waals surface area (Å²) in [5.74, 6) is -1.48. The molecule has 1 atom stereocenters. The van der Waals surface area contributed by atoms with Crippen molar-refractivity contribution in [3.8, 4) is 6.07 Å². The first-order valence-electron chi connectivity index (χ1n) is 7.64. The number of carbonyl (C=O) groups is 3. The Morgan fingerprint density at radius 3 is 2.28 bits per heavy atom. The fourth-order valence-corrected chi connectivity index (χ4v) is 3.76. The summed E-state index contributed by atoms with van der Waals surface area (Å²) in [5, 5.41) is 12.4. The van der Waals surface area contributed by atoms with Gasteiger partial charge < -0.3 is 5.32 Å². The van der Waals surface area contributed by atoms with Crippen molar-refractivity contribution in [2.75, 3.05) is 5.32 Å². The van der Waals surface area contributed by atoms with Crippen molar-refractivity contribution >= 4 is 34.1 Å². The van der Waals surface area contributed by atoms with E-state index in [-0.39, 0.29) is 0 Å². The topological polar surface area (TPSA) is 90.3 Å². The number of nitrogens with one attached hydrogen (secondary N) is 1. The van der Waals surface area contributed by atoms with E-state index in [0.717, 1.165) is 15.3 Å². The van der Waals surface area contributed by atoms with Gasteiger partial charge in [0.25, 0.3) is 11.8 Å². The van der Waals surface area contributed by atoms with E-state index in [1.165, 1.54) is 18.3 Å². The number of carbonyl (C=O) groups excluding carboxylic acids is 3. The van der Waals surface area contributed by atoms with Gasteiger partial charge in [-0.1, -0.05) is 12.1 Å². The molecule has 3 amide bonds. The van der Waals surface area contributed by atoms with Crippen LogP contribution in [-0.2, 0) is 4.79 Å². The number of nitriles is 1. The summed E-state index contributed by atoms with van der Waals surface area (Å²) in [6.07, 6.45) is 0. The number of fused-ring (bicyclic) bond motifs is 1. The molecule has 0 bridgehead atoms. The average molecular weight is 353 g/mol. The molecule has 2 heterocycles. The van der Waals surface area contributed by atoms with Crippen LogP contribution < -0.4 is 5.32 Å². The maximum Gasteiger partial charge on any atom is 0.262 e. The molecule has 0 aliphatic carbocycles. The number of hydrogen-bond acceptors (Lipinski definition) is 5. The third-order valence-electron chi connectivity index (χ3n) is 4.33. The number of aryl methyl sites for hydroxylation is 1. The molecule has 25 heavy (non-hydrogen) atoms. The number of amides is 3. The van der Waals surface area contributed by atoms with Gasteiger partial charge in [0.1, 0.15) is 17.1 Å². The van der Waals surface area contributed by atoms with Crippen molar-refractivity contribution in [2.45, 2.75) is 26.8 Å². The Bertz CT molecular complexity index is 920. The third-order valence-corrected chi connectivity index (χ3v) is 5.45. The molecule has 2 aromatic rings. The summed E-state index contributed by atoms with van der Waals surface area (Å²) in [5.41, 5.74) is 1.82. The molecule has 1 aromatic carbocycles. The number of anilines is 1. The van der Waals surface area contributed by atoms with Crippen molar-refractivity contribution < 1.29 is 14.4 Å².